The van der Waals surface area contributed by atoms with E-state index < -0.39 is 10.0 Å². The Bertz CT molecular complexity index is 1110. The molecule has 6 nitrogen and oxygen atoms in total. The van der Waals surface area contributed by atoms with Crippen LogP contribution in [0, 0.1) is 18.3 Å². The fraction of sp³-hybridized carbons (Fsp3) is 0.111. The van der Waals surface area contributed by atoms with E-state index in [4.69, 9.17) is 22.0 Å². The van der Waals surface area contributed by atoms with E-state index in [1.54, 1.807) is 35.0 Å². The highest BCUT2D eigenvalue weighted by Gasteiger charge is 2.23. The summed E-state index contributed by atoms with van der Waals surface area (Å²) in [4.78, 5) is -0.0168. The van der Waals surface area contributed by atoms with E-state index in [1.165, 1.54) is 6.07 Å². The van der Waals surface area contributed by atoms with Crippen molar-refractivity contribution in [3.05, 3.63) is 59.2 Å². The normalized spacial score (nSPS) is 11.3. The van der Waals surface area contributed by atoms with E-state index in [-0.39, 0.29) is 11.4 Å². The van der Waals surface area contributed by atoms with E-state index >= 15 is 0 Å². The Hall–Kier alpha value is -2.66. The Balaban J connectivity index is 2.34. The van der Waals surface area contributed by atoms with Gasteiger partial charge >= 0.3 is 0 Å². The molecule has 0 bridgehead atoms. The molecule has 0 saturated heterocycles. The number of benzene rings is 2. The minimum atomic E-state index is -3.94. The number of sulfonamides is 1. The van der Waals surface area contributed by atoms with Gasteiger partial charge in [0.25, 0.3) is 0 Å². The fourth-order valence-corrected chi connectivity index (χ4v) is 3.69. The monoisotopic (exact) mass is 386 g/mol. The minimum absolute atomic E-state index is 0.0168. The highest BCUT2D eigenvalue weighted by molar-refractivity contribution is 7.89. The van der Waals surface area contributed by atoms with Gasteiger partial charge in [0.2, 0.25) is 10.0 Å². The van der Waals surface area contributed by atoms with Crippen LogP contribution in [0.25, 0.3) is 22.4 Å². The van der Waals surface area contributed by atoms with Crippen molar-refractivity contribution in [3.8, 4) is 28.5 Å². The molecule has 3 aromatic rings. The number of nitriles is 1. The van der Waals surface area contributed by atoms with Gasteiger partial charge in [0.1, 0.15) is 12.2 Å². The first-order valence-electron chi connectivity index (χ1n) is 7.65. The molecule has 3 rings (SSSR count). The van der Waals surface area contributed by atoms with Crippen molar-refractivity contribution in [2.45, 2.75) is 18.4 Å². The molecule has 0 aliphatic rings. The average molecular weight is 387 g/mol. The van der Waals surface area contributed by atoms with E-state index in [0.29, 0.717) is 16.3 Å². The lowest BCUT2D eigenvalue weighted by atomic mass is 9.99. The molecule has 0 spiro atoms. The summed E-state index contributed by atoms with van der Waals surface area (Å²) >= 11 is 5.98. The van der Waals surface area contributed by atoms with Gasteiger partial charge < -0.3 is 0 Å². The van der Waals surface area contributed by atoms with Gasteiger partial charge in [0.05, 0.1) is 11.0 Å². The van der Waals surface area contributed by atoms with E-state index in [1.807, 2.05) is 19.1 Å². The number of primary sulfonamides is 1. The van der Waals surface area contributed by atoms with Gasteiger partial charge in [-0.3, -0.25) is 4.68 Å². The zero-order valence-electron chi connectivity index (χ0n) is 13.8. The molecule has 1 aromatic heterocycles. The summed E-state index contributed by atoms with van der Waals surface area (Å²) in [5.74, 6) is 0. The molecule has 0 saturated carbocycles. The van der Waals surface area contributed by atoms with Crippen LogP contribution < -0.4 is 5.14 Å². The van der Waals surface area contributed by atoms with Crippen molar-refractivity contribution in [2.75, 3.05) is 0 Å². The zero-order chi connectivity index (χ0) is 18.9. The molecule has 0 aliphatic carbocycles. The van der Waals surface area contributed by atoms with Crippen molar-refractivity contribution in [2.24, 2.45) is 5.14 Å². The van der Waals surface area contributed by atoms with Crippen LogP contribution >= 0.6 is 11.6 Å². The topological polar surface area (TPSA) is 102 Å². The Morgan fingerprint density at radius 1 is 1.19 bits per heavy atom. The molecular formula is C18H15ClN4O2S. The SMILES string of the molecule is Cc1c(-c2ccc(Cl)cc2)c(-c2ccccc2S(N)(=O)=O)nn1CC#N. The van der Waals surface area contributed by atoms with Gasteiger partial charge in [-0.05, 0) is 30.7 Å². The van der Waals surface area contributed by atoms with Crippen LogP contribution in [-0.4, -0.2) is 18.2 Å². The number of nitrogens with two attached hydrogens (primary N) is 1. The van der Waals surface area contributed by atoms with Gasteiger partial charge in [-0.2, -0.15) is 10.4 Å². The maximum atomic E-state index is 12.0. The van der Waals surface area contributed by atoms with Gasteiger partial charge in [-0.25, -0.2) is 13.6 Å². The molecule has 0 radical (unpaired) electrons. The Morgan fingerprint density at radius 3 is 2.46 bits per heavy atom. The smallest absolute Gasteiger partial charge is 0.238 e. The van der Waals surface area contributed by atoms with Gasteiger partial charge in [0, 0.05) is 21.8 Å². The minimum Gasteiger partial charge on any atom is -0.254 e. The summed E-state index contributed by atoms with van der Waals surface area (Å²) < 4.78 is 25.6. The molecule has 0 atom stereocenters. The quantitative estimate of drug-likeness (QED) is 0.742. The number of hydrogen-bond acceptors (Lipinski definition) is 4. The molecule has 0 fully saturated rings. The number of hydrogen-bond donors (Lipinski definition) is 1. The predicted molar refractivity (Wildman–Crippen MR) is 99.8 cm³/mol. The second-order valence-electron chi connectivity index (χ2n) is 5.67. The second kappa shape index (κ2) is 6.92. The Labute approximate surface area is 156 Å². The van der Waals surface area contributed by atoms with Gasteiger partial charge in [0.15, 0.2) is 0 Å². The van der Waals surface area contributed by atoms with E-state index in [0.717, 1.165) is 16.8 Å². The average Bonchev–Trinajstić information content (AvgIpc) is 2.92. The van der Waals surface area contributed by atoms with Crippen molar-refractivity contribution in [1.29, 1.82) is 5.26 Å². The van der Waals surface area contributed by atoms with E-state index in [2.05, 4.69) is 11.2 Å². The second-order valence-corrected chi connectivity index (χ2v) is 7.64. The van der Waals surface area contributed by atoms with Crippen LogP contribution in [0.15, 0.2) is 53.4 Å². The lowest BCUT2D eigenvalue weighted by Crippen LogP contribution is -2.13. The van der Waals surface area contributed by atoms with Crippen LogP contribution in [0.2, 0.25) is 5.02 Å². The third-order valence-corrected chi connectivity index (χ3v) is 5.23. The first-order valence-corrected chi connectivity index (χ1v) is 9.58. The third-order valence-electron chi connectivity index (χ3n) is 4.01. The predicted octanol–water partition coefficient (Wildman–Crippen LogP) is 3.35. The molecule has 2 N–H and O–H groups in total. The highest BCUT2D eigenvalue weighted by Crippen LogP contribution is 2.37. The molecule has 0 unspecified atom stereocenters. The molecule has 132 valence electrons. The van der Waals surface area contributed by atoms with E-state index in [9.17, 15) is 8.42 Å². The van der Waals surface area contributed by atoms with Crippen molar-refractivity contribution in [3.63, 3.8) is 0 Å². The maximum absolute atomic E-state index is 12.0. The highest BCUT2D eigenvalue weighted by atomic mass is 35.5. The summed E-state index contributed by atoms with van der Waals surface area (Å²) in [6, 6.07) is 15.6. The summed E-state index contributed by atoms with van der Waals surface area (Å²) in [6.07, 6.45) is 0. The van der Waals surface area contributed by atoms with Gasteiger partial charge in [-0.1, -0.05) is 41.9 Å². The molecule has 26 heavy (non-hydrogen) atoms. The van der Waals surface area contributed by atoms with Crippen molar-refractivity contribution in [1.82, 2.24) is 9.78 Å². The maximum Gasteiger partial charge on any atom is 0.238 e. The third kappa shape index (κ3) is 3.35. The molecule has 0 aliphatic heterocycles. The van der Waals surface area contributed by atoms with Crippen LogP contribution in [0.4, 0.5) is 0 Å². The number of nitrogens with zero attached hydrogens (tertiary/aromatic N) is 3. The number of halogens is 1. The Kier molecular flexibility index (Phi) is 4.83. The largest absolute Gasteiger partial charge is 0.254 e. The van der Waals surface area contributed by atoms with Gasteiger partial charge in [-0.15, -0.1) is 0 Å². The molecule has 2 aromatic carbocycles. The van der Waals surface area contributed by atoms with Crippen LogP contribution in [0.1, 0.15) is 5.69 Å². The lowest BCUT2D eigenvalue weighted by Gasteiger charge is -2.08. The van der Waals surface area contributed by atoms with Crippen molar-refractivity contribution >= 4 is 21.6 Å². The summed E-state index contributed by atoms with van der Waals surface area (Å²) in [5.41, 5.74) is 3.13. The molecule has 0 amide bonds. The fourth-order valence-electron chi connectivity index (χ4n) is 2.83. The summed E-state index contributed by atoms with van der Waals surface area (Å²) in [7, 11) is -3.94. The van der Waals surface area contributed by atoms with Crippen LogP contribution in [0.3, 0.4) is 0 Å². The molecule has 1 heterocycles. The summed E-state index contributed by atoms with van der Waals surface area (Å²) in [5, 5.41) is 19.5. The van der Waals surface area contributed by atoms with Crippen LogP contribution in [0.5, 0.6) is 0 Å². The summed E-state index contributed by atoms with van der Waals surface area (Å²) in [6.45, 7) is 1.88. The molecule has 8 heteroatoms. The first-order chi connectivity index (χ1) is 12.3. The lowest BCUT2D eigenvalue weighted by molar-refractivity contribution is 0.598. The Morgan fingerprint density at radius 2 is 1.85 bits per heavy atom. The number of rotatable bonds is 4. The number of aromatic nitrogens is 2. The van der Waals surface area contributed by atoms with Crippen LogP contribution in [-0.2, 0) is 16.6 Å². The first kappa shape index (κ1) is 18.1. The standard InChI is InChI=1S/C18H15ClN4O2S/c1-12-17(13-6-8-14(19)9-7-13)18(22-23(12)11-10-20)15-4-2-3-5-16(15)26(21,24)25/h2-9H,11H2,1H3,(H2,21,24,25). The van der Waals surface area contributed by atoms with Crippen molar-refractivity contribution < 1.29 is 8.42 Å². The zero-order valence-corrected chi connectivity index (χ0v) is 15.4. The molecular weight excluding hydrogens is 372 g/mol.